The molecule has 1 aliphatic rings. The van der Waals surface area contributed by atoms with Crippen molar-refractivity contribution in [1.82, 2.24) is 4.72 Å². The summed E-state index contributed by atoms with van der Waals surface area (Å²) in [5, 5.41) is 0. The van der Waals surface area contributed by atoms with Gasteiger partial charge in [-0.25, -0.2) is 17.2 Å². The van der Waals surface area contributed by atoms with Crippen molar-refractivity contribution in [2.75, 3.05) is 11.4 Å². The molecule has 0 unspecified atom stereocenters. The number of rotatable bonds is 4. The molecule has 24 heavy (non-hydrogen) atoms. The summed E-state index contributed by atoms with van der Waals surface area (Å²) in [6.07, 6.45) is 0.168. The summed E-state index contributed by atoms with van der Waals surface area (Å²) in [4.78, 5) is 13.0. The van der Waals surface area contributed by atoms with Crippen LogP contribution in [0.25, 0.3) is 0 Å². The summed E-state index contributed by atoms with van der Waals surface area (Å²) in [6.45, 7) is 0.171. The second-order valence-electron chi connectivity index (χ2n) is 5.33. The third-order valence-electron chi connectivity index (χ3n) is 3.77. The third kappa shape index (κ3) is 3.02. The minimum Gasteiger partial charge on any atom is -0.308 e. The van der Waals surface area contributed by atoms with Gasteiger partial charge in [0.1, 0.15) is 22.6 Å². The molecule has 2 aromatic rings. The molecule has 2 aromatic carbocycles. The van der Waals surface area contributed by atoms with Gasteiger partial charge in [0.15, 0.2) is 0 Å². The largest absolute Gasteiger partial charge is 0.308 e. The lowest BCUT2D eigenvalue weighted by molar-refractivity contribution is -0.118. The molecule has 0 spiro atoms. The standard InChI is InChI=1S/C16H14F2N2O3S/c17-11-5-1-3-7-14(11)20-10-9-13(16(20)21)19-24(22,23)15-8-4-2-6-12(15)18/h1-8,13,19H,9-10H2/t13-/m1/s1. The molecule has 126 valence electrons. The highest BCUT2D eigenvalue weighted by atomic mass is 32.2. The highest BCUT2D eigenvalue weighted by Gasteiger charge is 2.37. The SMILES string of the molecule is O=C1[C@H](NS(=O)(=O)c2ccccc2F)CCN1c1ccccc1F. The lowest BCUT2D eigenvalue weighted by Crippen LogP contribution is -2.41. The maximum absolute atomic E-state index is 13.8. The number of anilines is 1. The zero-order valence-electron chi connectivity index (χ0n) is 12.4. The number of carbonyl (C=O) groups excluding carboxylic acids is 1. The van der Waals surface area contributed by atoms with Gasteiger partial charge in [0, 0.05) is 6.54 Å². The number of benzene rings is 2. The maximum atomic E-state index is 13.8. The van der Waals surface area contributed by atoms with E-state index in [1.807, 2.05) is 0 Å². The summed E-state index contributed by atoms with van der Waals surface area (Å²) in [5.41, 5.74) is 0.0927. The van der Waals surface area contributed by atoms with Crippen LogP contribution in [-0.2, 0) is 14.8 Å². The second-order valence-corrected chi connectivity index (χ2v) is 7.02. The minimum atomic E-state index is -4.19. The molecule has 1 heterocycles. The van der Waals surface area contributed by atoms with Crippen LogP contribution in [-0.4, -0.2) is 26.9 Å². The van der Waals surface area contributed by atoms with Crippen molar-refractivity contribution in [3.05, 3.63) is 60.2 Å². The summed E-state index contributed by atoms with van der Waals surface area (Å²) < 4.78 is 54.2. The van der Waals surface area contributed by atoms with Gasteiger partial charge in [-0.05, 0) is 30.7 Å². The number of halogens is 2. The van der Waals surface area contributed by atoms with E-state index in [1.165, 1.54) is 35.2 Å². The van der Waals surface area contributed by atoms with Crippen LogP contribution < -0.4 is 9.62 Å². The van der Waals surface area contributed by atoms with Gasteiger partial charge in [0.05, 0.1) is 5.69 Å². The van der Waals surface area contributed by atoms with Crippen molar-refractivity contribution in [2.24, 2.45) is 0 Å². The smallest absolute Gasteiger partial charge is 0.245 e. The molecule has 0 radical (unpaired) electrons. The molecule has 3 rings (SSSR count). The normalized spacial score (nSPS) is 18.2. The molecule has 1 amide bonds. The van der Waals surface area contributed by atoms with Crippen LogP contribution in [0.2, 0.25) is 0 Å². The van der Waals surface area contributed by atoms with Crippen LogP contribution in [0.3, 0.4) is 0 Å². The first-order chi connectivity index (χ1) is 11.4. The highest BCUT2D eigenvalue weighted by molar-refractivity contribution is 7.89. The number of carbonyl (C=O) groups is 1. The van der Waals surface area contributed by atoms with E-state index in [2.05, 4.69) is 4.72 Å². The fourth-order valence-corrected chi connectivity index (χ4v) is 3.92. The number of hydrogen-bond donors (Lipinski definition) is 1. The number of nitrogens with one attached hydrogen (secondary N) is 1. The van der Waals surface area contributed by atoms with Crippen molar-refractivity contribution in [2.45, 2.75) is 17.4 Å². The van der Waals surface area contributed by atoms with Gasteiger partial charge in [-0.1, -0.05) is 24.3 Å². The van der Waals surface area contributed by atoms with E-state index in [4.69, 9.17) is 0 Å². The van der Waals surface area contributed by atoms with E-state index >= 15 is 0 Å². The number of nitrogens with zero attached hydrogens (tertiary/aromatic N) is 1. The first-order valence-electron chi connectivity index (χ1n) is 7.23. The quantitative estimate of drug-likeness (QED) is 0.916. The topological polar surface area (TPSA) is 66.5 Å². The molecule has 0 aromatic heterocycles. The molecule has 1 atom stereocenters. The van der Waals surface area contributed by atoms with Gasteiger partial charge in [-0.15, -0.1) is 0 Å². The molecule has 0 bridgehead atoms. The molecule has 1 fully saturated rings. The predicted molar refractivity (Wildman–Crippen MR) is 83.9 cm³/mol. The van der Waals surface area contributed by atoms with Gasteiger partial charge < -0.3 is 4.90 Å². The van der Waals surface area contributed by atoms with Crippen LogP contribution in [0.15, 0.2) is 53.4 Å². The molecule has 8 heteroatoms. The second kappa shape index (κ2) is 6.29. The Kier molecular flexibility index (Phi) is 4.33. The summed E-state index contributed by atoms with van der Waals surface area (Å²) in [6, 6.07) is 9.59. The number of hydrogen-bond acceptors (Lipinski definition) is 3. The van der Waals surface area contributed by atoms with Crippen molar-refractivity contribution in [3.63, 3.8) is 0 Å². The molecule has 1 aliphatic heterocycles. The van der Waals surface area contributed by atoms with Crippen LogP contribution in [0.1, 0.15) is 6.42 Å². The van der Waals surface area contributed by atoms with Crippen molar-refractivity contribution in [1.29, 1.82) is 0 Å². The lowest BCUT2D eigenvalue weighted by atomic mass is 10.2. The van der Waals surface area contributed by atoms with Crippen molar-refractivity contribution < 1.29 is 22.0 Å². The molecule has 1 N–H and O–H groups in total. The molecule has 0 aliphatic carbocycles. The summed E-state index contributed by atoms with van der Waals surface area (Å²) in [5.74, 6) is -2.04. The van der Waals surface area contributed by atoms with Gasteiger partial charge in [-0.2, -0.15) is 4.72 Å². The summed E-state index contributed by atoms with van der Waals surface area (Å²) >= 11 is 0. The highest BCUT2D eigenvalue weighted by Crippen LogP contribution is 2.25. The average Bonchev–Trinajstić information content (AvgIpc) is 2.88. The Balaban J connectivity index is 1.82. The first kappa shape index (κ1) is 16.5. The molecular weight excluding hydrogens is 338 g/mol. The monoisotopic (exact) mass is 352 g/mol. The van der Waals surface area contributed by atoms with E-state index in [1.54, 1.807) is 6.07 Å². The van der Waals surface area contributed by atoms with Crippen LogP contribution in [0.5, 0.6) is 0 Å². The Labute approximate surface area is 138 Å². The van der Waals surface area contributed by atoms with Crippen LogP contribution in [0.4, 0.5) is 14.5 Å². The zero-order chi connectivity index (χ0) is 17.3. The van der Waals surface area contributed by atoms with Gasteiger partial charge in [0.2, 0.25) is 15.9 Å². The molecule has 0 saturated carbocycles. The summed E-state index contributed by atoms with van der Waals surface area (Å²) in [7, 11) is -4.19. The number of para-hydroxylation sites is 1. The van der Waals surface area contributed by atoms with Crippen LogP contribution in [0, 0.1) is 11.6 Å². The maximum Gasteiger partial charge on any atom is 0.245 e. The van der Waals surface area contributed by atoms with E-state index in [9.17, 15) is 22.0 Å². The Morgan fingerprint density at radius 2 is 1.62 bits per heavy atom. The van der Waals surface area contributed by atoms with E-state index in [0.717, 1.165) is 12.1 Å². The minimum absolute atomic E-state index is 0.0927. The predicted octanol–water partition coefficient (Wildman–Crippen LogP) is 2.05. The number of amides is 1. The zero-order valence-corrected chi connectivity index (χ0v) is 13.3. The molecule has 1 saturated heterocycles. The lowest BCUT2D eigenvalue weighted by Gasteiger charge is -2.18. The fraction of sp³-hybridized carbons (Fsp3) is 0.188. The van der Waals surface area contributed by atoms with Crippen molar-refractivity contribution >= 4 is 21.6 Å². The average molecular weight is 352 g/mol. The van der Waals surface area contributed by atoms with E-state index in [-0.39, 0.29) is 18.7 Å². The van der Waals surface area contributed by atoms with Gasteiger partial charge in [0.25, 0.3) is 0 Å². The molecule has 5 nitrogen and oxygen atoms in total. The number of sulfonamides is 1. The fourth-order valence-electron chi connectivity index (χ4n) is 2.61. The molecular formula is C16H14F2N2O3S. The Bertz CT molecular complexity index is 886. The third-order valence-corrected chi connectivity index (χ3v) is 5.28. The van der Waals surface area contributed by atoms with Gasteiger partial charge >= 0.3 is 0 Å². The van der Waals surface area contributed by atoms with E-state index < -0.39 is 38.5 Å². The van der Waals surface area contributed by atoms with Crippen LogP contribution >= 0.6 is 0 Å². The Hall–Kier alpha value is -2.32. The van der Waals surface area contributed by atoms with Crippen molar-refractivity contribution in [3.8, 4) is 0 Å². The van der Waals surface area contributed by atoms with E-state index in [0.29, 0.717) is 0 Å². The van der Waals surface area contributed by atoms with Gasteiger partial charge in [-0.3, -0.25) is 4.79 Å². The Morgan fingerprint density at radius 3 is 2.29 bits per heavy atom. The Morgan fingerprint density at radius 1 is 1.00 bits per heavy atom. The first-order valence-corrected chi connectivity index (χ1v) is 8.71.